The molecule has 0 bridgehead atoms. The van der Waals surface area contributed by atoms with Crippen LogP contribution in [0, 0.1) is 11.3 Å². The first-order chi connectivity index (χ1) is 10.6. The van der Waals surface area contributed by atoms with Crippen molar-refractivity contribution in [2.45, 2.75) is 26.2 Å². The lowest BCUT2D eigenvalue weighted by atomic mass is 10.00. The number of carbonyl (C=O) groups excluding carboxylic acids is 1. The van der Waals surface area contributed by atoms with Crippen LogP contribution in [-0.4, -0.2) is 23.4 Å². The van der Waals surface area contributed by atoms with E-state index in [1.54, 1.807) is 12.1 Å². The van der Waals surface area contributed by atoms with Gasteiger partial charge in [0.05, 0.1) is 12.2 Å². The molecule has 1 aliphatic rings. The lowest BCUT2D eigenvalue weighted by Crippen LogP contribution is -2.11. The molecule has 116 valence electrons. The second-order valence-corrected chi connectivity index (χ2v) is 5.51. The highest BCUT2D eigenvalue weighted by Crippen LogP contribution is 2.19. The Balaban J connectivity index is 2.28. The first kappa shape index (κ1) is 16.0. The summed E-state index contributed by atoms with van der Waals surface area (Å²) < 4.78 is 5.26. The lowest BCUT2D eigenvalue weighted by Gasteiger charge is -2.10. The summed E-state index contributed by atoms with van der Waals surface area (Å²) in [6.45, 7) is 2.44. The predicted molar refractivity (Wildman–Crippen MR) is 86.5 cm³/mol. The molecule has 1 atom stereocenters. The van der Waals surface area contributed by atoms with Gasteiger partial charge in [0.25, 0.3) is 0 Å². The fourth-order valence-electron chi connectivity index (χ4n) is 2.32. The minimum atomic E-state index is -0.412. The third-order valence-corrected chi connectivity index (χ3v) is 3.50. The predicted octanol–water partition coefficient (Wildman–Crippen LogP) is 3.65. The number of phenolic OH excluding ortho intramolecular Hbond substituents is 1. The number of fused-ring (bicyclic) bond motifs is 1. The van der Waals surface area contributed by atoms with Crippen LogP contribution in [0.3, 0.4) is 0 Å². The largest absolute Gasteiger partial charge is 0.508 e. The standard InChI is InChI=1S/C18H21NO3/c1-13-5-2-3-10-22-18(21)17-9-8-16(20)12-14(17)11-15(19)7-4-6-13/h2,4-5,7-9,12-13,19-20H,3,6,10-11H2,1H3/b5-2+,7-4+,19-15?. The van der Waals surface area contributed by atoms with Gasteiger partial charge in [0.15, 0.2) is 0 Å². The molecule has 0 radical (unpaired) electrons. The number of aromatic hydroxyl groups is 1. The van der Waals surface area contributed by atoms with Crippen LogP contribution < -0.4 is 0 Å². The fourth-order valence-corrected chi connectivity index (χ4v) is 2.32. The van der Waals surface area contributed by atoms with Gasteiger partial charge in [0, 0.05) is 12.1 Å². The van der Waals surface area contributed by atoms with Crippen LogP contribution in [-0.2, 0) is 11.2 Å². The first-order valence-electron chi connectivity index (χ1n) is 7.46. The number of carbonyl (C=O) groups is 1. The summed E-state index contributed by atoms with van der Waals surface area (Å²) in [5.74, 6) is 0.0605. The number of hydrogen-bond donors (Lipinski definition) is 2. The van der Waals surface area contributed by atoms with Crippen LogP contribution in [0.25, 0.3) is 0 Å². The molecule has 1 unspecified atom stereocenters. The van der Waals surface area contributed by atoms with Crippen LogP contribution in [0.5, 0.6) is 5.75 Å². The summed E-state index contributed by atoms with van der Waals surface area (Å²) in [6, 6.07) is 4.53. The summed E-state index contributed by atoms with van der Waals surface area (Å²) in [7, 11) is 0. The van der Waals surface area contributed by atoms with Gasteiger partial charge < -0.3 is 15.3 Å². The highest BCUT2D eigenvalue weighted by atomic mass is 16.5. The molecule has 0 aromatic heterocycles. The van der Waals surface area contributed by atoms with E-state index in [0.29, 0.717) is 42.2 Å². The monoisotopic (exact) mass is 299 g/mol. The van der Waals surface area contributed by atoms with E-state index in [9.17, 15) is 9.90 Å². The Morgan fingerprint density at radius 2 is 2.14 bits per heavy atom. The zero-order valence-corrected chi connectivity index (χ0v) is 12.7. The van der Waals surface area contributed by atoms with Crippen molar-refractivity contribution in [3.8, 4) is 5.75 Å². The molecule has 1 aliphatic heterocycles. The van der Waals surface area contributed by atoms with E-state index in [4.69, 9.17) is 10.1 Å². The number of rotatable bonds is 0. The molecule has 2 N–H and O–H groups in total. The molecule has 0 fully saturated rings. The van der Waals surface area contributed by atoms with Crippen molar-refractivity contribution in [2.75, 3.05) is 6.61 Å². The van der Waals surface area contributed by atoms with E-state index in [1.807, 2.05) is 12.2 Å². The van der Waals surface area contributed by atoms with Gasteiger partial charge in [0.1, 0.15) is 5.75 Å². The molecule has 1 aromatic carbocycles. The quantitative estimate of drug-likeness (QED) is 0.567. The molecule has 22 heavy (non-hydrogen) atoms. The van der Waals surface area contributed by atoms with E-state index in [1.165, 1.54) is 12.1 Å². The van der Waals surface area contributed by atoms with Gasteiger partial charge >= 0.3 is 5.97 Å². The van der Waals surface area contributed by atoms with Crippen LogP contribution in [0.15, 0.2) is 42.5 Å². The third-order valence-electron chi connectivity index (χ3n) is 3.50. The van der Waals surface area contributed by atoms with Gasteiger partial charge in [-0.25, -0.2) is 4.79 Å². The molecule has 1 heterocycles. The van der Waals surface area contributed by atoms with Gasteiger partial charge in [-0.15, -0.1) is 0 Å². The molecule has 1 aromatic rings. The van der Waals surface area contributed by atoms with Gasteiger partial charge in [-0.05, 0) is 48.6 Å². The Kier molecular flexibility index (Phi) is 5.53. The zero-order valence-electron chi connectivity index (χ0n) is 12.7. The minimum absolute atomic E-state index is 0.0843. The van der Waals surface area contributed by atoms with E-state index < -0.39 is 5.97 Å². The van der Waals surface area contributed by atoms with Crippen LogP contribution >= 0.6 is 0 Å². The zero-order chi connectivity index (χ0) is 15.9. The number of allylic oxidation sites excluding steroid dienone is 3. The van der Waals surface area contributed by atoms with Crippen molar-refractivity contribution in [1.82, 2.24) is 0 Å². The molecule has 0 spiro atoms. The molecular weight excluding hydrogens is 278 g/mol. The molecule has 0 aliphatic carbocycles. The van der Waals surface area contributed by atoms with E-state index >= 15 is 0 Å². The number of benzene rings is 1. The maximum absolute atomic E-state index is 12.1. The summed E-state index contributed by atoms with van der Waals surface area (Å²) in [6.07, 6.45) is 9.69. The maximum Gasteiger partial charge on any atom is 0.338 e. The molecule has 0 saturated heterocycles. The minimum Gasteiger partial charge on any atom is -0.508 e. The van der Waals surface area contributed by atoms with Gasteiger partial charge in [0.2, 0.25) is 0 Å². The molecule has 4 nitrogen and oxygen atoms in total. The summed E-state index contributed by atoms with van der Waals surface area (Å²) in [5, 5.41) is 17.6. The average Bonchev–Trinajstić information content (AvgIpc) is 2.46. The Morgan fingerprint density at radius 1 is 1.32 bits per heavy atom. The van der Waals surface area contributed by atoms with E-state index in [2.05, 4.69) is 13.0 Å². The third kappa shape index (κ3) is 4.58. The smallest absolute Gasteiger partial charge is 0.338 e. The van der Waals surface area contributed by atoms with Gasteiger partial charge in [-0.3, -0.25) is 0 Å². The number of cyclic esters (lactones) is 1. The first-order valence-corrected chi connectivity index (χ1v) is 7.46. The van der Waals surface area contributed by atoms with Crippen LogP contribution in [0.2, 0.25) is 0 Å². The maximum atomic E-state index is 12.1. The summed E-state index contributed by atoms with van der Waals surface area (Å²) in [5.41, 5.74) is 1.42. The molecule has 2 rings (SSSR count). The van der Waals surface area contributed by atoms with Crippen molar-refractivity contribution < 1.29 is 14.6 Å². The Labute approximate surface area is 130 Å². The van der Waals surface area contributed by atoms with Crippen LogP contribution in [0.4, 0.5) is 0 Å². The van der Waals surface area contributed by atoms with Crippen molar-refractivity contribution in [1.29, 1.82) is 5.41 Å². The lowest BCUT2D eigenvalue weighted by molar-refractivity contribution is 0.0510. The van der Waals surface area contributed by atoms with E-state index in [-0.39, 0.29) is 5.75 Å². The highest BCUT2D eigenvalue weighted by Gasteiger charge is 2.14. The molecule has 0 saturated carbocycles. The second kappa shape index (κ2) is 7.59. The Morgan fingerprint density at radius 3 is 2.95 bits per heavy atom. The average molecular weight is 299 g/mol. The van der Waals surface area contributed by atoms with Crippen molar-refractivity contribution in [2.24, 2.45) is 5.92 Å². The van der Waals surface area contributed by atoms with Gasteiger partial charge in [-0.1, -0.05) is 25.2 Å². The number of ether oxygens (including phenoxy) is 1. The number of phenols is 1. The number of hydrogen-bond acceptors (Lipinski definition) is 4. The number of esters is 1. The topological polar surface area (TPSA) is 70.4 Å². The Hall–Kier alpha value is -2.36. The van der Waals surface area contributed by atoms with Crippen molar-refractivity contribution in [3.63, 3.8) is 0 Å². The second-order valence-electron chi connectivity index (χ2n) is 5.51. The van der Waals surface area contributed by atoms with Gasteiger partial charge in [-0.2, -0.15) is 0 Å². The Bertz CT molecular complexity index is 617. The SMILES string of the molecule is CC1/C=C/CCOC(=O)c2ccc(O)cc2CC(=N)/C=C/C1. The highest BCUT2D eigenvalue weighted by molar-refractivity contribution is 5.97. The summed E-state index contributed by atoms with van der Waals surface area (Å²) >= 11 is 0. The fraction of sp³-hybridized carbons (Fsp3) is 0.333. The van der Waals surface area contributed by atoms with Crippen molar-refractivity contribution >= 4 is 11.7 Å². The van der Waals surface area contributed by atoms with Crippen LogP contribution in [0.1, 0.15) is 35.7 Å². The molecule has 4 heteroatoms. The summed E-state index contributed by atoms with van der Waals surface area (Å²) in [4.78, 5) is 12.1. The molecular formula is C18H21NO3. The van der Waals surface area contributed by atoms with Crippen molar-refractivity contribution in [3.05, 3.63) is 53.6 Å². The normalized spacial score (nSPS) is 23.0. The number of nitrogens with one attached hydrogen (secondary N) is 1. The van der Waals surface area contributed by atoms with E-state index in [0.717, 1.165) is 6.42 Å². The molecule has 0 amide bonds.